The van der Waals surface area contributed by atoms with E-state index in [9.17, 15) is 0 Å². The fourth-order valence-corrected chi connectivity index (χ4v) is 3.87. The molecular formula is C8H17AlO2. The van der Waals surface area contributed by atoms with Gasteiger partial charge in [0.1, 0.15) is 0 Å². The summed E-state index contributed by atoms with van der Waals surface area (Å²) in [7, 11) is 3.57. The van der Waals surface area contributed by atoms with Gasteiger partial charge in [-0.3, -0.25) is 0 Å². The highest BCUT2D eigenvalue weighted by Gasteiger charge is 2.34. The van der Waals surface area contributed by atoms with E-state index in [1.165, 1.54) is 32.1 Å². The molecule has 0 unspecified atom stereocenters. The van der Waals surface area contributed by atoms with E-state index in [1.54, 1.807) is 14.2 Å². The monoisotopic (exact) mass is 172 g/mol. The predicted octanol–water partition coefficient (Wildman–Crippen LogP) is 2.10. The van der Waals surface area contributed by atoms with Crippen LogP contribution < -0.4 is 0 Å². The average Bonchev–Trinajstić information content (AvgIpc) is 2.09. The fraction of sp³-hybridized carbons (Fsp3) is 1.00. The third kappa shape index (κ3) is 2.76. The molecule has 0 amide bonds. The first-order chi connectivity index (χ1) is 5.38. The molecule has 0 heterocycles. The molecule has 0 aromatic heterocycles. The third-order valence-corrected chi connectivity index (χ3v) is 4.87. The highest BCUT2D eigenvalue weighted by atomic mass is 27.2. The second kappa shape index (κ2) is 5.16. The molecule has 64 valence electrons. The molecule has 1 aliphatic carbocycles. The second-order valence-corrected chi connectivity index (χ2v) is 5.86. The maximum absolute atomic E-state index is 5.36. The van der Waals surface area contributed by atoms with Crippen molar-refractivity contribution in [1.29, 1.82) is 0 Å². The minimum Gasteiger partial charge on any atom is -0.481 e. The van der Waals surface area contributed by atoms with Gasteiger partial charge < -0.3 is 7.58 Å². The summed E-state index contributed by atoms with van der Waals surface area (Å²) in [6.45, 7) is 0. The van der Waals surface area contributed by atoms with Gasteiger partial charge in [0.15, 0.2) is 0 Å². The van der Waals surface area contributed by atoms with Gasteiger partial charge in [0.05, 0.1) is 0 Å². The van der Waals surface area contributed by atoms with Crippen molar-refractivity contribution < 1.29 is 7.58 Å². The molecule has 1 saturated carbocycles. The van der Waals surface area contributed by atoms with Crippen molar-refractivity contribution >= 4 is 14.8 Å². The number of rotatable bonds is 3. The Morgan fingerprint density at radius 2 is 1.55 bits per heavy atom. The molecular weight excluding hydrogens is 155 g/mol. The van der Waals surface area contributed by atoms with Crippen LogP contribution in [-0.4, -0.2) is 29.0 Å². The summed E-state index contributed by atoms with van der Waals surface area (Å²) in [5.74, 6) is 0. The van der Waals surface area contributed by atoms with E-state index in [4.69, 9.17) is 7.58 Å². The molecule has 2 nitrogen and oxygen atoms in total. The number of hydrogen-bond donors (Lipinski definition) is 0. The molecule has 1 rings (SSSR count). The summed E-state index contributed by atoms with van der Waals surface area (Å²) in [4.78, 5) is 0. The Hall–Kier alpha value is 0.452. The van der Waals surface area contributed by atoms with Crippen LogP contribution in [0.1, 0.15) is 32.1 Å². The Morgan fingerprint density at radius 1 is 1.00 bits per heavy atom. The minimum absolute atomic E-state index is 0.777. The van der Waals surface area contributed by atoms with Crippen LogP contribution in [0.15, 0.2) is 0 Å². The standard InChI is InChI=1S/C6H11.2CH3O.Al/c1-2-4-6-5-3-1;2*1-2;/h1H,2-6H2;2*1H3;/q;2*-1;+2. The lowest BCUT2D eigenvalue weighted by Crippen LogP contribution is -2.27. The third-order valence-electron chi connectivity index (χ3n) is 2.50. The van der Waals surface area contributed by atoms with E-state index in [2.05, 4.69) is 0 Å². The Balaban J connectivity index is 2.30. The SMILES string of the molecule is C[O][Al]([O]C)[CH]1CCCCC1. The Labute approximate surface area is 73.9 Å². The molecule has 11 heavy (non-hydrogen) atoms. The molecule has 0 aromatic rings. The van der Waals surface area contributed by atoms with Crippen molar-refractivity contribution in [2.24, 2.45) is 0 Å². The quantitative estimate of drug-likeness (QED) is 0.607. The molecule has 0 N–H and O–H groups in total. The lowest BCUT2D eigenvalue weighted by molar-refractivity contribution is 0.252. The second-order valence-electron chi connectivity index (χ2n) is 3.24. The molecule has 1 fully saturated rings. The van der Waals surface area contributed by atoms with Crippen LogP contribution in [0.4, 0.5) is 0 Å². The molecule has 0 aliphatic heterocycles. The number of hydrogen-bond acceptors (Lipinski definition) is 2. The van der Waals surface area contributed by atoms with Crippen LogP contribution in [0.2, 0.25) is 4.78 Å². The summed E-state index contributed by atoms with van der Waals surface area (Å²) >= 11 is -1.27. The van der Waals surface area contributed by atoms with Crippen LogP contribution in [0.3, 0.4) is 0 Å². The predicted molar refractivity (Wildman–Crippen MR) is 46.6 cm³/mol. The largest absolute Gasteiger partial charge is 0.677 e. The van der Waals surface area contributed by atoms with Crippen LogP contribution in [0.25, 0.3) is 0 Å². The van der Waals surface area contributed by atoms with E-state index >= 15 is 0 Å². The minimum atomic E-state index is -1.27. The lowest BCUT2D eigenvalue weighted by Gasteiger charge is -2.22. The fourth-order valence-electron chi connectivity index (χ4n) is 1.89. The van der Waals surface area contributed by atoms with Crippen molar-refractivity contribution in [3.8, 4) is 0 Å². The van der Waals surface area contributed by atoms with Gasteiger partial charge in [0.2, 0.25) is 0 Å². The van der Waals surface area contributed by atoms with Gasteiger partial charge in [0, 0.05) is 14.2 Å². The van der Waals surface area contributed by atoms with E-state index in [-0.39, 0.29) is 0 Å². The van der Waals surface area contributed by atoms with Gasteiger partial charge in [-0.05, 0) is 4.78 Å². The zero-order chi connectivity index (χ0) is 8.10. The van der Waals surface area contributed by atoms with Gasteiger partial charge in [-0.25, -0.2) is 0 Å². The topological polar surface area (TPSA) is 18.5 Å². The molecule has 0 saturated heterocycles. The summed E-state index contributed by atoms with van der Waals surface area (Å²) in [6, 6.07) is 0. The Kier molecular flexibility index (Phi) is 4.48. The van der Waals surface area contributed by atoms with Crippen molar-refractivity contribution in [1.82, 2.24) is 0 Å². The van der Waals surface area contributed by atoms with Gasteiger partial charge in [-0.15, -0.1) is 0 Å². The van der Waals surface area contributed by atoms with Gasteiger partial charge in [0.25, 0.3) is 0 Å². The zero-order valence-electron chi connectivity index (χ0n) is 7.51. The lowest BCUT2D eigenvalue weighted by atomic mass is 10.0. The molecule has 0 bridgehead atoms. The van der Waals surface area contributed by atoms with E-state index < -0.39 is 14.8 Å². The van der Waals surface area contributed by atoms with Crippen LogP contribution in [-0.2, 0) is 7.58 Å². The first-order valence-corrected chi connectivity index (χ1v) is 6.05. The van der Waals surface area contributed by atoms with Crippen LogP contribution in [0.5, 0.6) is 0 Å². The normalized spacial score (nSPS) is 20.2. The van der Waals surface area contributed by atoms with Gasteiger partial charge in [-0.2, -0.15) is 0 Å². The molecule has 0 spiro atoms. The van der Waals surface area contributed by atoms with Crippen molar-refractivity contribution in [2.45, 2.75) is 36.9 Å². The molecule has 0 atom stereocenters. The summed E-state index contributed by atoms with van der Waals surface area (Å²) in [5.41, 5.74) is 0. The summed E-state index contributed by atoms with van der Waals surface area (Å²) < 4.78 is 11.5. The van der Waals surface area contributed by atoms with E-state index in [0.29, 0.717) is 0 Å². The highest BCUT2D eigenvalue weighted by Crippen LogP contribution is 2.31. The average molecular weight is 172 g/mol. The maximum atomic E-state index is 5.36. The van der Waals surface area contributed by atoms with Crippen molar-refractivity contribution in [3.63, 3.8) is 0 Å². The van der Waals surface area contributed by atoms with E-state index in [0.717, 1.165) is 4.78 Å². The van der Waals surface area contributed by atoms with E-state index in [1.807, 2.05) is 0 Å². The first kappa shape index (κ1) is 9.54. The molecule has 3 heteroatoms. The smallest absolute Gasteiger partial charge is 0.481 e. The molecule has 1 aliphatic rings. The van der Waals surface area contributed by atoms with Gasteiger partial charge in [-0.1, -0.05) is 32.1 Å². The maximum Gasteiger partial charge on any atom is 0.677 e. The van der Waals surface area contributed by atoms with Crippen LogP contribution >= 0.6 is 0 Å². The van der Waals surface area contributed by atoms with Crippen molar-refractivity contribution in [2.75, 3.05) is 14.2 Å². The summed E-state index contributed by atoms with van der Waals surface area (Å²) in [6.07, 6.45) is 6.82. The highest BCUT2D eigenvalue weighted by molar-refractivity contribution is 6.46. The first-order valence-electron chi connectivity index (χ1n) is 4.44. The Morgan fingerprint density at radius 3 is 2.00 bits per heavy atom. The van der Waals surface area contributed by atoms with Gasteiger partial charge >= 0.3 is 14.8 Å². The molecule has 0 aromatic carbocycles. The molecule has 0 radical (unpaired) electrons. The Bertz CT molecular complexity index is 98.3. The van der Waals surface area contributed by atoms with Crippen LogP contribution in [0, 0.1) is 0 Å². The summed E-state index contributed by atoms with van der Waals surface area (Å²) in [5, 5.41) is 0. The van der Waals surface area contributed by atoms with Crippen molar-refractivity contribution in [3.05, 3.63) is 0 Å². The zero-order valence-corrected chi connectivity index (χ0v) is 8.66.